The highest BCUT2D eigenvalue weighted by Crippen LogP contribution is 2.17. The highest BCUT2D eigenvalue weighted by molar-refractivity contribution is 5.96. The lowest BCUT2D eigenvalue weighted by molar-refractivity contribution is 0.0781. The van der Waals surface area contributed by atoms with Gasteiger partial charge in [0.2, 0.25) is 0 Å². The van der Waals surface area contributed by atoms with Gasteiger partial charge in [0.1, 0.15) is 11.6 Å². The smallest absolute Gasteiger partial charge is 0.257 e. The highest BCUT2D eigenvalue weighted by Gasteiger charge is 2.15. The highest BCUT2D eigenvalue weighted by atomic mass is 19.1. The second-order valence-corrected chi connectivity index (χ2v) is 4.18. The molecule has 1 heterocycles. The fourth-order valence-corrected chi connectivity index (χ4v) is 1.75. The van der Waals surface area contributed by atoms with Crippen LogP contribution in [0.2, 0.25) is 0 Å². The van der Waals surface area contributed by atoms with Crippen LogP contribution >= 0.6 is 0 Å². The fraction of sp³-hybridized carbons (Fsp3) is 0.143. The van der Waals surface area contributed by atoms with Crippen LogP contribution in [0.3, 0.4) is 0 Å². The first-order chi connectivity index (χ1) is 9.08. The van der Waals surface area contributed by atoms with Gasteiger partial charge in [0.25, 0.3) is 5.91 Å². The van der Waals surface area contributed by atoms with E-state index in [0.717, 1.165) is 0 Å². The van der Waals surface area contributed by atoms with Crippen molar-refractivity contribution in [3.8, 4) is 5.75 Å². The molecular weight excluding hydrogens is 247 g/mol. The first-order valence-corrected chi connectivity index (χ1v) is 5.71. The minimum atomic E-state index is -0.343. The molecule has 0 saturated carbocycles. The molecule has 0 unspecified atom stereocenters. The van der Waals surface area contributed by atoms with Crippen molar-refractivity contribution in [3.05, 3.63) is 59.7 Å². The van der Waals surface area contributed by atoms with Crippen molar-refractivity contribution in [1.29, 1.82) is 0 Å². The molecule has 0 radical (unpaired) electrons. The van der Waals surface area contributed by atoms with E-state index in [9.17, 15) is 14.3 Å². The summed E-state index contributed by atoms with van der Waals surface area (Å²) < 4.78 is 13.1. The molecule has 98 valence electrons. The maximum absolute atomic E-state index is 13.1. The van der Waals surface area contributed by atoms with Gasteiger partial charge in [0.05, 0.1) is 11.8 Å². The Morgan fingerprint density at radius 1 is 1.42 bits per heavy atom. The Bertz CT molecular complexity index is 602. The molecule has 0 spiro atoms. The van der Waals surface area contributed by atoms with E-state index in [4.69, 9.17) is 0 Å². The third-order valence-electron chi connectivity index (χ3n) is 2.69. The largest absolute Gasteiger partial charge is 0.505 e. The number of carbonyl (C=O) groups excluding carboxylic acids is 1. The Morgan fingerprint density at radius 3 is 2.89 bits per heavy atom. The second kappa shape index (κ2) is 5.48. The zero-order valence-corrected chi connectivity index (χ0v) is 10.4. The molecule has 4 nitrogen and oxygen atoms in total. The van der Waals surface area contributed by atoms with Gasteiger partial charge in [0, 0.05) is 19.8 Å². The predicted molar refractivity (Wildman–Crippen MR) is 68.1 cm³/mol. The van der Waals surface area contributed by atoms with Crippen LogP contribution < -0.4 is 0 Å². The Morgan fingerprint density at radius 2 is 2.21 bits per heavy atom. The molecule has 0 aliphatic rings. The van der Waals surface area contributed by atoms with Gasteiger partial charge >= 0.3 is 0 Å². The third-order valence-corrected chi connectivity index (χ3v) is 2.69. The quantitative estimate of drug-likeness (QED) is 0.920. The van der Waals surface area contributed by atoms with Crippen molar-refractivity contribution in [2.45, 2.75) is 6.54 Å². The molecule has 0 saturated heterocycles. The number of pyridine rings is 1. The van der Waals surface area contributed by atoms with E-state index in [-0.39, 0.29) is 29.6 Å². The number of benzene rings is 1. The Hall–Kier alpha value is -2.43. The topological polar surface area (TPSA) is 53.4 Å². The van der Waals surface area contributed by atoms with Gasteiger partial charge in [-0.2, -0.15) is 0 Å². The molecular formula is C14H13FN2O2. The van der Waals surface area contributed by atoms with Crippen LogP contribution in [0.15, 0.2) is 42.7 Å². The second-order valence-electron chi connectivity index (χ2n) is 4.18. The minimum absolute atomic E-state index is 0.168. The molecule has 1 amide bonds. The summed E-state index contributed by atoms with van der Waals surface area (Å²) in [5.41, 5.74) is 0.860. The summed E-state index contributed by atoms with van der Waals surface area (Å²) in [5, 5.41) is 9.57. The van der Waals surface area contributed by atoms with Crippen LogP contribution in [0.25, 0.3) is 0 Å². The molecule has 0 bridgehead atoms. The van der Waals surface area contributed by atoms with E-state index in [1.165, 1.54) is 35.5 Å². The maximum Gasteiger partial charge on any atom is 0.257 e. The predicted octanol–water partition coefficient (Wildman–Crippen LogP) is 2.20. The summed E-state index contributed by atoms with van der Waals surface area (Å²) in [4.78, 5) is 17.2. The monoisotopic (exact) mass is 260 g/mol. The molecule has 19 heavy (non-hydrogen) atoms. The first kappa shape index (κ1) is 13.0. The van der Waals surface area contributed by atoms with Crippen LogP contribution in [0.4, 0.5) is 4.39 Å². The van der Waals surface area contributed by atoms with E-state index in [1.54, 1.807) is 19.2 Å². The van der Waals surface area contributed by atoms with Crippen molar-refractivity contribution in [2.24, 2.45) is 0 Å². The van der Waals surface area contributed by atoms with Crippen LogP contribution in [-0.2, 0) is 6.54 Å². The molecule has 0 aliphatic heterocycles. The van der Waals surface area contributed by atoms with Crippen molar-refractivity contribution in [2.75, 3.05) is 7.05 Å². The molecule has 1 N–H and O–H groups in total. The fourth-order valence-electron chi connectivity index (χ4n) is 1.75. The number of amides is 1. The van der Waals surface area contributed by atoms with Crippen molar-refractivity contribution >= 4 is 5.91 Å². The Balaban J connectivity index is 2.14. The number of aromatic nitrogens is 1. The summed E-state index contributed by atoms with van der Waals surface area (Å²) in [7, 11) is 1.59. The van der Waals surface area contributed by atoms with E-state index in [0.29, 0.717) is 5.56 Å². The van der Waals surface area contributed by atoms with Crippen molar-refractivity contribution in [1.82, 2.24) is 9.88 Å². The lowest BCUT2D eigenvalue weighted by Crippen LogP contribution is -2.26. The van der Waals surface area contributed by atoms with Crippen LogP contribution in [0.1, 0.15) is 15.9 Å². The van der Waals surface area contributed by atoms with E-state index in [1.807, 2.05) is 0 Å². The standard InChI is InChI=1S/C14H13FN2O2/c1-17(9-10-3-2-4-11(15)7-10)14(19)12-5-6-16-8-13(12)18/h2-8,18H,9H2,1H3. The lowest BCUT2D eigenvalue weighted by atomic mass is 10.2. The summed E-state index contributed by atoms with van der Waals surface area (Å²) in [6, 6.07) is 7.49. The van der Waals surface area contributed by atoms with Gasteiger partial charge in [-0.1, -0.05) is 12.1 Å². The van der Waals surface area contributed by atoms with Gasteiger partial charge in [-0.25, -0.2) is 4.39 Å². The number of aromatic hydroxyl groups is 1. The number of hydrogen-bond acceptors (Lipinski definition) is 3. The van der Waals surface area contributed by atoms with Crippen LogP contribution in [0.5, 0.6) is 5.75 Å². The molecule has 1 aromatic heterocycles. The number of hydrogen-bond donors (Lipinski definition) is 1. The molecule has 2 rings (SSSR count). The zero-order valence-electron chi connectivity index (χ0n) is 10.4. The van der Waals surface area contributed by atoms with Gasteiger partial charge in [-0.05, 0) is 23.8 Å². The lowest BCUT2D eigenvalue weighted by Gasteiger charge is -2.17. The number of rotatable bonds is 3. The summed E-state index contributed by atoms with van der Waals surface area (Å²) >= 11 is 0. The van der Waals surface area contributed by atoms with E-state index < -0.39 is 0 Å². The number of halogens is 1. The third kappa shape index (κ3) is 3.07. The minimum Gasteiger partial charge on any atom is -0.505 e. The average Bonchev–Trinajstić information content (AvgIpc) is 2.38. The molecule has 1 aromatic carbocycles. The summed E-state index contributed by atoms with van der Waals surface area (Å²) in [5.74, 6) is -0.854. The molecule has 0 atom stereocenters. The van der Waals surface area contributed by atoms with E-state index in [2.05, 4.69) is 4.98 Å². The van der Waals surface area contributed by atoms with E-state index >= 15 is 0 Å². The van der Waals surface area contributed by atoms with Gasteiger partial charge < -0.3 is 10.0 Å². The summed E-state index contributed by atoms with van der Waals surface area (Å²) in [6.45, 7) is 0.262. The summed E-state index contributed by atoms with van der Waals surface area (Å²) in [6.07, 6.45) is 2.65. The Kier molecular flexibility index (Phi) is 3.75. The molecule has 5 heteroatoms. The van der Waals surface area contributed by atoms with Gasteiger partial charge in [-0.15, -0.1) is 0 Å². The first-order valence-electron chi connectivity index (χ1n) is 5.71. The van der Waals surface area contributed by atoms with Crippen molar-refractivity contribution < 1.29 is 14.3 Å². The average molecular weight is 260 g/mol. The molecule has 0 fully saturated rings. The number of carbonyl (C=O) groups is 1. The van der Waals surface area contributed by atoms with Gasteiger partial charge in [-0.3, -0.25) is 9.78 Å². The zero-order chi connectivity index (χ0) is 13.8. The molecule has 0 aliphatic carbocycles. The molecule has 2 aromatic rings. The SMILES string of the molecule is CN(Cc1cccc(F)c1)C(=O)c1ccncc1O. The van der Waals surface area contributed by atoms with Crippen molar-refractivity contribution in [3.63, 3.8) is 0 Å². The van der Waals surface area contributed by atoms with Crippen LogP contribution in [0, 0.1) is 5.82 Å². The number of nitrogens with zero attached hydrogens (tertiary/aromatic N) is 2. The normalized spacial score (nSPS) is 10.2. The Labute approximate surface area is 110 Å². The van der Waals surface area contributed by atoms with Gasteiger partial charge in [0.15, 0.2) is 0 Å². The van der Waals surface area contributed by atoms with Crippen LogP contribution in [-0.4, -0.2) is 27.9 Å². The maximum atomic E-state index is 13.1.